The highest BCUT2D eigenvalue weighted by atomic mass is 15.3. The van der Waals surface area contributed by atoms with Crippen molar-refractivity contribution in [3.05, 3.63) is 11.3 Å². The molecule has 2 heterocycles. The highest BCUT2D eigenvalue weighted by Gasteiger charge is 2.16. The van der Waals surface area contributed by atoms with Gasteiger partial charge in [-0.05, 0) is 0 Å². The lowest BCUT2D eigenvalue weighted by Crippen LogP contribution is -2.07. The molecule has 2 aromatic heterocycles. The Morgan fingerprint density at radius 3 is 2.62 bits per heavy atom. The molecular formula is C8H6N8. The van der Waals surface area contributed by atoms with E-state index in [0.717, 1.165) is 0 Å². The minimum atomic E-state index is -0.0371. The quantitative estimate of drug-likeness (QED) is 0.634. The molecule has 0 amide bonds. The Bertz CT molecular complexity index is 641. The summed E-state index contributed by atoms with van der Waals surface area (Å²) in [5.74, 6) is -0.00639. The molecule has 0 unspecified atom stereocenters. The molecule has 4 N–H and O–H groups in total. The molecule has 8 nitrogen and oxygen atoms in total. The zero-order chi connectivity index (χ0) is 11.7. The van der Waals surface area contributed by atoms with E-state index in [1.165, 1.54) is 4.52 Å². The van der Waals surface area contributed by atoms with Crippen LogP contribution in [0.3, 0.4) is 0 Å². The lowest BCUT2D eigenvalue weighted by molar-refractivity contribution is 0.886. The van der Waals surface area contributed by atoms with Crippen LogP contribution in [-0.4, -0.2) is 19.6 Å². The minimum Gasteiger partial charge on any atom is -0.368 e. The maximum atomic E-state index is 8.96. The number of nitrogens with two attached hydrogens (primary N) is 2. The van der Waals surface area contributed by atoms with Crippen molar-refractivity contribution in [1.82, 2.24) is 19.6 Å². The number of fused-ring (bicyclic) bond motifs is 1. The first-order valence-electron chi connectivity index (χ1n) is 4.25. The maximum Gasteiger partial charge on any atom is 0.226 e. The number of aromatic nitrogens is 4. The Labute approximate surface area is 89.7 Å². The molecule has 0 atom stereocenters. The van der Waals surface area contributed by atoms with Crippen LogP contribution in [-0.2, 0) is 6.42 Å². The van der Waals surface area contributed by atoms with Gasteiger partial charge in [0.05, 0.1) is 18.2 Å². The summed E-state index contributed by atoms with van der Waals surface area (Å²) in [5, 5.41) is 21.5. The Balaban J connectivity index is 2.84. The fourth-order valence-electron chi connectivity index (χ4n) is 1.33. The largest absolute Gasteiger partial charge is 0.368 e. The van der Waals surface area contributed by atoms with E-state index in [1.807, 2.05) is 12.1 Å². The molecule has 0 fully saturated rings. The molecule has 0 aliphatic rings. The van der Waals surface area contributed by atoms with Crippen LogP contribution >= 0.6 is 0 Å². The molecule has 8 heteroatoms. The summed E-state index contributed by atoms with van der Waals surface area (Å²) in [6.07, 6.45) is 0.00555. The second kappa shape index (κ2) is 3.37. The van der Waals surface area contributed by atoms with E-state index in [2.05, 4.69) is 15.1 Å². The van der Waals surface area contributed by atoms with E-state index < -0.39 is 0 Å². The normalized spacial score (nSPS) is 9.88. The topological polar surface area (TPSA) is 143 Å². The van der Waals surface area contributed by atoms with Gasteiger partial charge in [-0.2, -0.15) is 30.1 Å². The van der Waals surface area contributed by atoms with E-state index in [1.54, 1.807) is 0 Å². The minimum absolute atomic E-state index is 0.00555. The first-order valence-corrected chi connectivity index (χ1v) is 4.25. The van der Waals surface area contributed by atoms with Gasteiger partial charge in [-0.25, -0.2) is 0 Å². The zero-order valence-corrected chi connectivity index (χ0v) is 8.05. The Morgan fingerprint density at radius 2 is 2.00 bits per heavy atom. The van der Waals surface area contributed by atoms with Crippen LogP contribution in [0.4, 0.5) is 11.9 Å². The second-order valence-corrected chi connectivity index (χ2v) is 2.94. The van der Waals surface area contributed by atoms with Crippen molar-refractivity contribution in [3.8, 4) is 12.1 Å². The highest BCUT2D eigenvalue weighted by Crippen LogP contribution is 2.16. The summed E-state index contributed by atoms with van der Waals surface area (Å²) < 4.78 is 1.20. The Hall–Kier alpha value is -2.87. The van der Waals surface area contributed by atoms with Crippen molar-refractivity contribution in [3.63, 3.8) is 0 Å². The van der Waals surface area contributed by atoms with Crippen molar-refractivity contribution < 1.29 is 0 Å². The van der Waals surface area contributed by atoms with Crippen LogP contribution in [0.2, 0.25) is 0 Å². The predicted molar refractivity (Wildman–Crippen MR) is 53.6 cm³/mol. The molecular weight excluding hydrogens is 208 g/mol. The number of rotatable bonds is 1. The molecule has 0 saturated heterocycles. The molecule has 2 rings (SSSR count). The van der Waals surface area contributed by atoms with Crippen LogP contribution in [0.5, 0.6) is 0 Å². The van der Waals surface area contributed by atoms with Crippen LogP contribution in [0.1, 0.15) is 11.3 Å². The first-order chi connectivity index (χ1) is 7.67. The van der Waals surface area contributed by atoms with E-state index in [4.69, 9.17) is 22.0 Å². The predicted octanol–water partition coefficient (Wildman–Crippen LogP) is -0.774. The molecule has 0 bridgehead atoms. The van der Waals surface area contributed by atoms with Gasteiger partial charge in [-0.15, -0.1) is 0 Å². The van der Waals surface area contributed by atoms with Crippen LogP contribution in [0, 0.1) is 22.7 Å². The van der Waals surface area contributed by atoms with E-state index in [9.17, 15) is 0 Å². The van der Waals surface area contributed by atoms with Gasteiger partial charge in [0.2, 0.25) is 11.9 Å². The van der Waals surface area contributed by atoms with Crippen LogP contribution < -0.4 is 11.5 Å². The fourth-order valence-corrected chi connectivity index (χ4v) is 1.33. The number of nitrogen functional groups attached to an aromatic ring is 2. The molecule has 0 aliphatic heterocycles. The van der Waals surface area contributed by atoms with Crippen molar-refractivity contribution in [1.29, 1.82) is 10.5 Å². The zero-order valence-electron chi connectivity index (χ0n) is 8.05. The standard InChI is InChI=1S/C8H6N8/c9-2-1-5-4(3-10)6-13-7(11)14-8(12)16(6)15-5/h1H2,(H4,11,12,13,14). The average molecular weight is 214 g/mol. The Morgan fingerprint density at radius 1 is 1.25 bits per heavy atom. The lowest BCUT2D eigenvalue weighted by Gasteiger charge is -1.97. The number of nitriles is 2. The van der Waals surface area contributed by atoms with E-state index >= 15 is 0 Å². The lowest BCUT2D eigenvalue weighted by atomic mass is 10.2. The molecule has 78 valence electrons. The second-order valence-electron chi connectivity index (χ2n) is 2.94. The number of nitrogens with zero attached hydrogens (tertiary/aromatic N) is 6. The van der Waals surface area contributed by atoms with Gasteiger partial charge in [0, 0.05) is 0 Å². The monoisotopic (exact) mass is 214 g/mol. The third-order valence-corrected chi connectivity index (χ3v) is 1.96. The molecule has 16 heavy (non-hydrogen) atoms. The van der Waals surface area contributed by atoms with Gasteiger partial charge in [-0.3, -0.25) is 0 Å². The van der Waals surface area contributed by atoms with Gasteiger partial charge in [0.25, 0.3) is 0 Å². The van der Waals surface area contributed by atoms with Crippen LogP contribution in [0.25, 0.3) is 5.65 Å². The molecule has 0 radical (unpaired) electrons. The van der Waals surface area contributed by atoms with Gasteiger partial charge in [-0.1, -0.05) is 0 Å². The summed E-state index contributed by atoms with van der Waals surface area (Å²) >= 11 is 0. The first kappa shape index (κ1) is 9.68. The van der Waals surface area contributed by atoms with Crippen molar-refractivity contribution in [2.24, 2.45) is 0 Å². The van der Waals surface area contributed by atoms with E-state index in [-0.39, 0.29) is 29.5 Å². The summed E-state index contributed by atoms with van der Waals surface area (Å²) in [5.41, 5.74) is 11.7. The average Bonchev–Trinajstić information content (AvgIpc) is 2.56. The molecule has 0 aromatic carbocycles. The molecule has 0 saturated carbocycles. The maximum absolute atomic E-state index is 8.96. The highest BCUT2D eigenvalue weighted by molar-refractivity contribution is 5.61. The Kier molecular flexibility index (Phi) is 2.04. The number of anilines is 2. The smallest absolute Gasteiger partial charge is 0.226 e. The van der Waals surface area contributed by atoms with Crippen molar-refractivity contribution in [2.45, 2.75) is 6.42 Å². The van der Waals surface area contributed by atoms with Gasteiger partial charge < -0.3 is 11.5 Å². The molecule has 2 aromatic rings. The summed E-state index contributed by atoms with van der Waals surface area (Å²) in [4.78, 5) is 7.57. The van der Waals surface area contributed by atoms with Crippen LogP contribution in [0.15, 0.2) is 0 Å². The van der Waals surface area contributed by atoms with Crippen molar-refractivity contribution in [2.75, 3.05) is 11.5 Å². The third-order valence-electron chi connectivity index (χ3n) is 1.96. The summed E-state index contributed by atoms with van der Waals surface area (Å²) in [6.45, 7) is 0. The van der Waals surface area contributed by atoms with E-state index in [0.29, 0.717) is 5.69 Å². The van der Waals surface area contributed by atoms with Gasteiger partial charge in [0.15, 0.2) is 5.65 Å². The molecule has 0 aliphatic carbocycles. The SMILES string of the molecule is N#CCc1nn2c(N)nc(N)nc2c1C#N. The number of hydrogen-bond acceptors (Lipinski definition) is 7. The molecule has 0 spiro atoms. The fraction of sp³-hybridized carbons (Fsp3) is 0.125. The third kappa shape index (κ3) is 1.26. The van der Waals surface area contributed by atoms with Gasteiger partial charge in [0.1, 0.15) is 11.6 Å². The number of hydrogen-bond donors (Lipinski definition) is 2. The summed E-state index contributed by atoms with van der Waals surface area (Å²) in [7, 11) is 0. The van der Waals surface area contributed by atoms with Crippen molar-refractivity contribution >= 4 is 17.5 Å². The van der Waals surface area contributed by atoms with Gasteiger partial charge >= 0.3 is 0 Å². The summed E-state index contributed by atoms with van der Waals surface area (Å²) in [6, 6.07) is 3.83.